The van der Waals surface area contributed by atoms with Gasteiger partial charge in [0, 0.05) is 0 Å². The van der Waals surface area contributed by atoms with Crippen LogP contribution in [0.1, 0.15) is 45.4 Å². The molecule has 5 aliphatic rings. The molecule has 0 aromatic heterocycles. The van der Waals surface area contributed by atoms with Gasteiger partial charge in [-0.2, -0.15) is 0 Å². The Bertz CT molecular complexity index is 182. The van der Waals surface area contributed by atoms with Crippen molar-refractivity contribution in [1.29, 1.82) is 0 Å². The number of hydrogen-bond acceptors (Lipinski definition) is 0. The van der Waals surface area contributed by atoms with Crippen LogP contribution in [0.25, 0.3) is 0 Å². The van der Waals surface area contributed by atoms with E-state index in [4.69, 9.17) is 0 Å². The van der Waals surface area contributed by atoms with Crippen molar-refractivity contribution in [3.05, 3.63) is 0 Å². The zero-order valence-corrected chi connectivity index (χ0v) is 8.13. The van der Waals surface area contributed by atoms with Gasteiger partial charge in [0.15, 0.2) is 0 Å². The molecule has 4 unspecified atom stereocenters. The summed E-state index contributed by atoms with van der Waals surface area (Å²) in [6.07, 6.45) is 9.52. The second kappa shape index (κ2) is 2.49. The molecule has 5 fully saturated rings. The minimum absolute atomic E-state index is 1.07. The molecule has 0 N–H and O–H groups in total. The Morgan fingerprint density at radius 2 is 1.75 bits per heavy atom. The molecule has 0 spiro atoms. The first-order valence-corrected chi connectivity index (χ1v) is 5.83. The maximum Gasteiger partial charge on any atom is -0.0357 e. The first kappa shape index (κ1) is 7.41. The summed E-state index contributed by atoms with van der Waals surface area (Å²) in [4.78, 5) is 0. The van der Waals surface area contributed by atoms with Crippen LogP contribution in [0.3, 0.4) is 0 Å². The van der Waals surface area contributed by atoms with E-state index in [-0.39, 0.29) is 0 Å². The molecule has 68 valence electrons. The van der Waals surface area contributed by atoms with Gasteiger partial charge in [-0.15, -0.1) is 0 Å². The summed E-state index contributed by atoms with van der Waals surface area (Å²) in [7, 11) is 0. The Balaban J connectivity index is 1.93. The van der Waals surface area contributed by atoms with Crippen LogP contribution in [0.4, 0.5) is 0 Å². The quantitative estimate of drug-likeness (QED) is 0.514. The van der Waals surface area contributed by atoms with Crippen LogP contribution in [-0.2, 0) is 0 Å². The van der Waals surface area contributed by atoms with E-state index < -0.39 is 0 Å². The topological polar surface area (TPSA) is 0 Å². The molecule has 0 heterocycles. The molecule has 0 aromatic carbocycles. The summed E-state index contributed by atoms with van der Waals surface area (Å²) in [5, 5.41) is 0. The maximum atomic E-state index is 2.51. The van der Waals surface area contributed by atoms with Crippen molar-refractivity contribution < 1.29 is 0 Å². The van der Waals surface area contributed by atoms with Crippen LogP contribution in [0.2, 0.25) is 0 Å². The van der Waals surface area contributed by atoms with Crippen LogP contribution in [0.15, 0.2) is 0 Å². The summed E-state index contributed by atoms with van der Waals surface area (Å²) < 4.78 is 0. The van der Waals surface area contributed by atoms with Gasteiger partial charge in [-0.3, -0.25) is 0 Å². The Labute approximate surface area is 75.7 Å². The average Bonchev–Trinajstić information content (AvgIpc) is 2.37. The first-order chi connectivity index (χ1) is 5.83. The Hall–Kier alpha value is 0. The predicted octanol–water partition coefficient (Wildman–Crippen LogP) is 3.47. The summed E-state index contributed by atoms with van der Waals surface area (Å²) in [5.74, 6) is 5.64. The zero-order chi connectivity index (χ0) is 8.13. The van der Waals surface area contributed by atoms with Crippen molar-refractivity contribution in [3.8, 4) is 0 Å². The molecule has 4 bridgehead atoms. The normalized spacial score (nSPS) is 57.2. The fourth-order valence-corrected chi connectivity index (χ4v) is 4.45. The molecule has 0 amide bonds. The van der Waals surface area contributed by atoms with E-state index in [9.17, 15) is 0 Å². The van der Waals surface area contributed by atoms with Gasteiger partial charge in [-0.05, 0) is 61.7 Å². The van der Waals surface area contributed by atoms with E-state index in [1.165, 1.54) is 0 Å². The number of fused-ring (bicyclic) bond motifs is 2. The molecule has 5 atom stereocenters. The average molecular weight is 164 g/mol. The Morgan fingerprint density at radius 1 is 0.833 bits per heavy atom. The Kier molecular flexibility index (Phi) is 1.54. The second-order valence-electron chi connectivity index (χ2n) is 5.65. The van der Waals surface area contributed by atoms with Crippen molar-refractivity contribution in [2.45, 2.75) is 45.4 Å². The third-order valence-corrected chi connectivity index (χ3v) is 4.90. The highest BCUT2D eigenvalue weighted by Crippen LogP contribution is 2.54. The lowest BCUT2D eigenvalue weighted by molar-refractivity contribution is 0.108. The van der Waals surface area contributed by atoms with Crippen LogP contribution < -0.4 is 0 Å². The molecule has 0 heteroatoms. The lowest BCUT2D eigenvalue weighted by atomic mass is 9.66. The number of hydrogen-bond donors (Lipinski definition) is 0. The smallest absolute Gasteiger partial charge is 0.0357 e. The van der Waals surface area contributed by atoms with E-state index in [1.54, 1.807) is 38.5 Å². The SMILES string of the molecule is C[C@H]1CC2CC3CCC(C2)C1C3. The predicted molar refractivity (Wildman–Crippen MR) is 50.8 cm³/mol. The molecule has 0 saturated heterocycles. The molecule has 0 aromatic rings. The van der Waals surface area contributed by atoms with Gasteiger partial charge in [0.2, 0.25) is 0 Å². The van der Waals surface area contributed by atoms with Crippen molar-refractivity contribution in [3.63, 3.8) is 0 Å². The minimum Gasteiger partial charge on any atom is -0.0622 e. The molecule has 5 saturated carbocycles. The standard InChI is InChI=1S/C12H20/c1-8-4-10-5-9-2-3-11(6-10)12(8)7-9/h8-12H,2-7H2,1H3/t8-,9?,10?,11?,12?/m0/s1. The van der Waals surface area contributed by atoms with Crippen LogP contribution in [0.5, 0.6) is 0 Å². The monoisotopic (exact) mass is 164 g/mol. The summed E-state index contributed by atoms with van der Waals surface area (Å²) in [6.45, 7) is 2.51. The molecular formula is C12H20. The molecular weight excluding hydrogens is 144 g/mol. The maximum absolute atomic E-state index is 2.51. The molecule has 5 rings (SSSR count). The van der Waals surface area contributed by atoms with E-state index in [1.807, 2.05) is 0 Å². The van der Waals surface area contributed by atoms with Crippen molar-refractivity contribution >= 4 is 0 Å². The van der Waals surface area contributed by atoms with E-state index >= 15 is 0 Å². The van der Waals surface area contributed by atoms with Gasteiger partial charge in [0.25, 0.3) is 0 Å². The largest absolute Gasteiger partial charge is 0.0622 e. The third-order valence-electron chi connectivity index (χ3n) is 4.90. The summed E-state index contributed by atoms with van der Waals surface area (Å²) >= 11 is 0. The van der Waals surface area contributed by atoms with Gasteiger partial charge < -0.3 is 0 Å². The minimum atomic E-state index is 1.07. The molecule has 12 heavy (non-hydrogen) atoms. The number of rotatable bonds is 0. The zero-order valence-electron chi connectivity index (χ0n) is 8.13. The summed E-state index contributed by atoms with van der Waals surface area (Å²) in [5.41, 5.74) is 0. The highest BCUT2D eigenvalue weighted by molar-refractivity contribution is 4.94. The first-order valence-electron chi connectivity index (χ1n) is 5.83. The Morgan fingerprint density at radius 3 is 2.67 bits per heavy atom. The fraction of sp³-hybridized carbons (Fsp3) is 1.00. The van der Waals surface area contributed by atoms with Crippen molar-refractivity contribution in [2.24, 2.45) is 29.6 Å². The van der Waals surface area contributed by atoms with Crippen molar-refractivity contribution in [2.75, 3.05) is 0 Å². The van der Waals surface area contributed by atoms with Crippen LogP contribution >= 0.6 is 0 Å². The van der Waals surface area contributed by atoms with Gasteiger partial charge in [-0.1, -0.05) is 13.3 Å². The molecule has 0 radical (unpaired) electrons. The van der Waals surface area contributed by atoms with Gasteiger partial charge in [0.1, 0.15) is 0 Å². The van der Waals surface area contributed by atoms with E-state index in [2.05, 4.69) is 6.92 Å². The van der Waals surface area contributed by atoms with Gasteiger partial charge >= 0.3 is 0 Å². The molecule has 5 aliphatic carbocycles. The van der Waals surface area contributed by atoms with Crippen LogP contribution in [0, 0.1) is 29.6 Å². The van der Waals surface area contributed by atoms with E-state index in [0.29, 0.717) is 0 Å². The fourth-order valence-electron chi connectivity index (χ4n) is 4.45. The molecule has 0 nitrogen and oxygen atoms in total. The molecule has 0 aliphatic heterocycles. The van der Waals surface area contributed by atoms with E-state index in [0.717, 1.165) is 29.6 Å². The highest BCUT2D eigenvalue weighted by Gasteiger charge is 2.43. The van der Waals surface area contributed by atoms with Crippen LogP contribution in [-0.4, -0.2) is 0 Å². The lowest BCUT2D eigenvalue weighted by Gasteiger charge is -2.39. The lowest BCUT2D eigenvalue weighted by Crippen LogP contribution is -2.30. The highest BCUT2D eigenvalue weighted by atomic mass is 14.5. The van der Waals surface area contributed by atoms with Crippen molar-refractivity contribution in [1.82, 2.24) is 0 Å². The third kappa shape index (κ3) is 0.963. The summed E-state index contributed by atoms with van der Waals surface area (Å²) in [6, 6.07) is 0. The second-order valence-corrected chi connectivity index (χ2v) is 5.65. The van der Waals surface area contributed by atoms with Gasteiger partial charge in [0.05, 0.1) is 0 Å². The van der Waals surface area contributed by atoms with Gasteiger partial charge in [-0.25, -0.2) is 0 Å².